The van der Waals surface area contributed by atoms with Gasteiger partial charge in [-0.2, -0.15) is 0 Å². The summed E-state index contributed by atoms with van der Waals surface area (Å²) in [4.78, 5) is 12.5. The van der Waals surface area contributed by atoms with Gasteiger partial charge >= 0.3 is 0 Å². The van der Waals surface area contributed by atoms with Gasteiger partial charge < -0.3 is 10.1 Å². The fraction of sp³-hybridized carbons (Fsp3) is 0.235. The number of para-hydroxylation sites is 1. The molecule has 1 heterocycles. The first-order chi connectivity index (χ1) is 10.1. The third-order valence-electron chi connectivity index (χ3n) is 3.70. The van der Waals surface area contributed by atoms with E-state index < -0.39 is 0 Å². The van der Waals surface area contributed by atoms with Crippen LogP contribution in [0.3, 0.4) is 0 Å². The second kappa shape index (κ2) is 5.90. The highest BCUT2D eigenvalue weighted by Gasteiger charge is 2.23. The number of ether oxygens (including phenoxy) is 1. The molecule has 2 aromatic carbocycles. The zero-order chi connectivity index (χ0) is 14.8. The van der Waals surface area contributed by atoms with Gasteiger partial charge in [-0.15, -0.1) is 0 Å². The summed E-state index contributed by atoms with van der Waals surface area (Å²) in [5.41, 5.74) is 2.72. The van der Waals surface area contributed by atoms with Gasteiger partial charge in [0.1, 0.15) is 5.75 Å². The average molecular weight is 346 g/mol. The molecule has 4 heteroatoms. The van der Waals surface area contributed by atoms with Crippen molar-refractivity contribution in [1.82, 2.24) is 5.32 Å². The molecule has 0 spiro atoms. The highest BCUT2D eigenvalue weighted by atomic mass is 79.9. The molecule has 3 nitrogen and oxygen atoms in total. The van der Waals surface area contributed by atoms with Gasteiger partial charge in [-0.1, -0.05) is 34.1 Å². The number of benzene rings is 2. The molecule has 1 aliphatic rings. The fourth-order valence-electron chi connectivity index (χ4n) is 2.61. The molecule has 1 N–H and O–H groups in total. The van der Waals surface area contributed by atoms with Crippen LogP contribution in [0.1, 0.15) is 33.9 Å². The summed E-state index contributed by atoms with van der Waals surface area (Å²) in [5.74, 6) is 0.822. The molecule has 1 atom stereocenters. The minimum absolute atomic E-state index is 0.00509. The Kier molecular flexibility index (Phi) is 3.97. The van der Waals surface area contributed by atoms with E-state index in [9.17, 15) is 4.79 Å². The summed E-state index contributed by atoms with van der Waals surface area (Å²) >= 11 is 3.42. The molecule has 0 saturated carbocycles. The van der Waals surface area contributed by atoms with Crippen LogP contribution in [0, 0.1) is 6.92 Å². The van der Waals surface area contributed by atoms with E-state index in [1.807, 2.05) is 49.4 Å². The van der Waals surface area contributed by atoms with Crippen LogP contribution >= 0.6 is 15.9 Å². The van der Waals surface area contributed by atoms with Crippen LogP contribution in [0.25, 0.3) is 0 Å². The Labute approximate surface area is 132 Å². The van der Waals surface area contributed by atoms with E-state index >= 15 is 0 Å². The topological polar surface area (TPSA) is 38.3 Å². The molecular formula is C17H16BrNO2. The van der Waals surface area contributed by atoms with Gasteiger partial charge in [0, 0.05) is 22.0 Å². The van der Waals surface area contributed by atoms with Crippen LogP contribution in [0.15, 0.2) is 46.9 Å². The maximum absolute atomic E-state index is 12.5. The van der Waals surface area contributed by atoms with Crippen LogP contribution < -0.4 is 10.1 Å². The lowest BCUT2D eigenvalue weighted by molar-refractivity contribution is 0.0924. The molecule has 0 aliphatic carbocycles. The zero-order valence-corrected chi connectivity index (χ0v) is 13.3. The first kappa shape index (κ1) is 14.1. The Morgan fingerprint density at radius 3 is 2.90 bits per heavy atom. The Bertz CT molecular complexity index is 684. The lowest BCUT2D eigenvalue weighted by Crippen LogP contribution is -2.32. The third-order valence-corrected chi connectivity index (χ3v) is 4.19. The number of amides is 1. The Morgan fingerprint density at radius 1 is 1.29 bits per heavy atom. The molecule has 0 fully saturated rings. The molecule has 0 radical (unpaired) electrons. The first-order valence-electron chi connectivity index (χ1n) is 6.94. The third kappa shape index (κ3) is 2.95. The molecule has 1 amide bonds. The second-order valence-corrected chi connectivity index (χ2v) is 6.08. The van der Waals surface area contributed by atoms with Crippen molar-refractivity contribution in [2.24, 2.45) is 0 Å². The highest BCUT2D eigenvalue weighted by Crippen LogP contribution is 2.31. The molecular weight excluding hydrogens is 330 g/mol. The van der Waals surface area contributed by atoms with Crippen molar-refractivity contribution >= 4 is 21.8 Å². The summed E-state index contributed by atoms with van der Waals surface area (Å²) in [5, 5.41) is 3.12. The standard InChI is InChI=1S/C17H16BrNO2/c1-11-10-12(18)6-7-13(11)17(20)19-15-8-9-21-16-5-3-2-4-14(15)16/h2-7,10,15H,8-9H2,1H3,(H,19,20)/t15-/m0/s1. The van der Waals surface area contributed by atoms with Crippen molar-refractivity contribution in [3.8, 4) is 5.75 Å². The number of carbonyl (C=O) groups excluding carboxylic acids is 1. The van der Waals surface area contributed by atoms with Crippen molar-refractivity contribution in [3.05, 3.63) is 63.6 Å². The smallest absolute Gasteiger partial charge is 0.252 e. The lowest BCUT2D eigenvalue weighted by atomic mass is 9.99. The van der Waals surface area contributed by atoms with Gasteiger partial charge in [0.15, 0.2) is 0 Å². The predicted octanol–water partition coefficient (Wildman–Crippen LogP) is 4.01. The van der Waals surface area contributed by atoms with Gasteiger partial charge in [0.2, 0.25) is 0 Å². The summed E-state index contributed by atoms with van der Waals surface area (Å²) in [7, 11) is 0. The number of aryl methyl sites for hydroxylation is 1. The maximum Gasteiger partial charge on any atom is 0.252 e. The van der Waals surface area contributed by atoms with E-state index in [0.29, 0.717) is 12.2 Å². The average Bonchev–Trinajstić information content (AvgIpc) is 2.47. The quantitative estimate of drug-likeness (QED) is 0.892. The number of hydrogen-bond acceptors (Lipinski definition) is 2. The van der Waals surface area contributed by atoms with Crippen molar-refractivity contribution in [3.63, 3.8) is 0 Å². The van der Waals surface area contributed by atoms with Crippen molar-refractivity contribution in [2.75, 3.05) is 6.61 Å². The van der Waals surface area contributed by atoms with Crippen LogP contribution in [0.4, 0.5) is 0 Å². The van der Waals surface area contributed by atoms with Crippen LogP contribution in [0.2, 0.25) is 0 Å². The van der Waals surface area contributed by atoms with E-state index in [1.54, 1.807) is 0 Å². The number of rotatable bonds is 2. The Morgan fingerprint density at radius 2 is 2.10 bits per heavy atom. The van der Waals surface area contributed by atoms with Crippen LogP contribution in [-0.4, -0.2) is 12.5 Å². The van der Waals surface area contributed by atoms with E-state index in [1.165, 1.54) is 0 Å². The molecule has 0 unspecified atom stereocenters. The first-order valence-corrected chi connectivity index (χ1v) is 7.73. The summed E-state index contributed by atoms with van der Waals surface area (Å²) in [6.07, 6.45) is 0.790. The lowest BCUT2D eigenvalue weighted by Gasteiger charge is -2.26. The number of hydrogen-bond donors (Lipinski definition) is 1. The summed E-state index contributed by atoms with van der Waals surface area (Å²) in [6, 6.07) is 13.6. The predicted molar refractivity (Wildman–Crippen MR) is 85.6 cm³/mol. The number of carbonyl (C=O) groups is 1. The van der Waals surface area contributed by atoms with Crippen molar-refractivity contribution in [1.29, 1.82) is 0 Å². The molecule has 0 saturated heterocycles. The minimum atomic E-state index is -0.0401. The SMILES string of the molecule is Cc1cc(Br)ccc1C(=O)N[C@H]1CCOc2ccccc21. The van der Waals surface area contributed by atoms with E-state index in [0.717, 1.165) is 27.8 Å². The van der Waals surface area contributed by atoms with Gasteiger partial charge in [0.05, 0.1) is 12.6 Å². The van der Waals surface area contributed by atoms with Crippen LogP contribution in [0.5, 0.6) is 5.75 Å². The number of fused-ring (bicyclic) bond motifs is 1. The Hall–Kier alpha value is -1.81. The number of nitrogens with one attached hydrogen (secondary N) is 1. The van der Waals surface area contributed by atoms with E-state index in [-0.39, 0.29) is 11.9 Å². The molecule has 0 bridgehead atoms. The van der Waals surface area contributed by atoms with E-state index in [2.05, 4.69) is 21.2 Å². The second-order valence-electron chi connectivity index (χ2n) is 5.16. The normalized spacial score (nSPS) is 16.8. The highest BCUT2D eigenvalue weighted by molar-refractivity contribution is 9.10. The monoisotopic (exact) mass is 345 g/mol. The molecule has 2 aromatic rings. The summed E-state index contributed by atoms with van der Waals surface area (Å²) < 4.78 is 6.60. The fourth-order valence-corrected chi connectivity index (χ4v) is 3.09. The minimum Gasteiger partial charge on any atom is -0.493 e. The van der Waals surface area contributed by atoms with Gasteiger partial charge in [0.25, 0.3) is 5.91 Å². The van der Waals surface area contributed by atoms with Crippen molar-refractivity contribution in [2.45, 2.75) is 19.4 Å². The van der Waals surface area contributed by atoms with Gasteiger partial charge in [-0.25, -0.2) is 0 Å². The molecule has 0 aromatic heterocycles. The maximum atomic E-state index is 12.5. The van der Waals surface area contributed by atoms with Gasteiger partial charge in [-0.05, 0) is 36.8 Å². The molecule has 21 heavy (non-hydrogen) atoms. The van der Waals surface area contributed by atoms with Crippen molar-refractivity contribution < 1.29 is 9.53 Å². The Balaban J connectivity index is 1.83. The number of halogens is 1. The van der Waals surface area contributed by atoms with E-state index in [4.69, 9.17) is 4.74 Å². The summed E-state index contributed by atoms with van der Waals surface area (Å²) in [6.45, 7) is 2.57. The largest absolute Gasteiger partial charge is 0.493 e. The molecule has 1 aliphatic heterocycles. The van der Waals surface area contributed by atoms with Crippen LogP contribution in [-0.2, 0) is 0 Å². The van der Waals surface area contributed by atoms with Gasteiger partial charge in [-0.3, -0.25) is 4.79 Å². The molecule has 3 rings (SSSR count). The molecule has 108 valence electrons. The zero-order valence-electron chi connectivity index (χ0n) is 11.7.